The topological polar surface area (TPSA) is 68.2 Å². The predicted octanol–water partition coefficient (Wildman–Crippen LogP) is 4.05. The van der Waals surface area contributed by atoms with Crippen LogP contribution in [-0.4, -0.2) is 13.0 Å². The molecule has 0 aliphatic rings. The van der Waals surface area contributed by atoms with Crippen molar-refractivity contribution in [1.82, 2.24) is 9.29 Å². The minimum Gasteiger partial charge on any atom is -0.299 e. The third kappa shape index (κ3) is 3.72. The molecule has 3 rings (SSSR count). The molecule has 144 valence electrons. The van der Waals surface area contributed by atoms with Crippen molar-refractivity contribution < 1.29 is 8.42 Å². The molecular weight excluding hydrogens is 380 g/mol. The second-order valence-electron chi connectivity index (χ2n) is 6.88. The maximum atomic E-state index is 12.9. The monoisotopic (exact) mass is 404 g/mol. The molecule has 0 saturated carbocycles. The lowest BCUT2D eigenvalue weighted by Crippen LogP contribution is -2.27. The van der Waals surface area contributed by atoms with E-state index in [1.807, 2.05) is 40.7 Å². The van der Waals surface area contributed by atoms with E-state index < -0.39 is 10.0 Å². The lowest BCUT2D eigenvalue weighted by Gasteiger charge is -2.18. The zero-order valence-corrected chi connectivity index (χ0v) is 17.8. The highest BCUT2D eigenvalue weighted by atomic mass is 32.2. The van der Waals surface area contributed by atoms with Crippen LogP contribution < -0.4 is 9.60 Å². The normalized spacial score (nSPS) is 13.2. The highest BCUT2D eigenvalue weighted by Crippen LogP contribution is 2.25. The average Bonchev–Trinajstić information content (AvgIpc) is 2.91. The summed E-state index contributed by atoms with van der Waals surface area (Å²) in [6.07, 6.45) is 0. The fourth-order valence-corrected chi connectivity index (χ4v) is 5.64. The number of fused-ring (bicyclic) bond motifs is 1. The Labute approximate surface area is 163 Å². The van der Waals surface area contributed by atoms with E-state index in [1.54, 1.807) is 22.8 Å². The van der Waals surface area contributed by atoms with Gasteiger partial charge in [-0.3, -0.25) is 9.36 Å². The van der Waals surface area contributed by atoms with Crippen molar-refractivity contribution in [3.63, 3.8) is 0 Å². The third-order valence-corrected chi connectivity index (χ3v) is 7.43. The van der Waals surface area contributed by atoms with Crippen molar-refractivity contribution in [2.75, 3.05) is 0 Å². The zero-order valence-electron chi connectivity index (χ0n) is 16.2. The van der Waals surface area contributed by atoms with Crippen LogP contribution in [0.2, 0.25) is 0 Å². The van der Waals surface area contributed by atoms with Gasteiger partial charge in [-0.05, 0) is 75.1 Å². The van der Waals surface area contributed by atoms with Gasteiger partial charge >= 0.3 is 4.87 Å². The Hall–Kier alpha value is -1.96. The van der Waals surface area contributed by atoms with Crippen LogP contribution in [0.4, 0.5) is 0 Å². The van der Waals surface area contributed by atoms with Crippen LogP contribution in [0.3, 0.4) is 0 Å². The Bertz CT molecular complexity index is 1170. The number of nitrogens with one attached hydrogen (secondary N) is 1. The van der Waals surface area contributed by atoms with Gasteiger partial charge in [0.05, 0.1) is 15.1 Å². The molecule has 1 aromatic heterocycles. The molecule has 3 aromatic rings. The second-order valence-corrected chi connectivity index (χ2v) is 9.58. The third-order valence-electron chi connectivity index (χ3n) is 4.95. The summed E-state index contributed by atoms with van der Waals surface area (Å²) in [5.74, 6) is 0. The summed E-state index contributed by atoms with van der Waals surface area (Å²) in [4.78, 5) is 12.1. The predicted molar refractivity (Wildman–Crippen MR) is 111 cm³/mol. The van der Waals surface area contributed by atoms with Crippen LogP contribution >= 0.6 is 11.3 Å². The van der Waals surface area contributed by atoms with E-state index in [0.29, 0.717) is 11.2 Å². The highest BCUT2D eigenvalue weighted by molar-refractivity contribution is 7.89. The van der Waals surface area contributed by atoms with Crippen molar-refractivity contribution >= 4 is 31.6 Å². The summed E-state index contributed by atoms with van der Waals surface area (Å²) in [5, 5.41) is 0. The summed E-state index contributed by atoms with van der Waals surface area (Å²) in [6, 6.07) is 8.60. The van der Waals surface area contributed by atoms with Gasteiger partial charge in [0.2, 0.25) is 10.0 Å². The maximum absolute atomic E-state index is 12.9. The summed E-state index contributed by atoms with van der Waals surface area (Å²) < 4.78 is 30.9. The van der Waals surface area contributed by atoms with Crippen molar-refractivity contribution in [2.45, 2.75) is 52.1 Å². The lowest BCUT2D eigenvalue weighted by atomic mass is 9.97. The maximum Gasteiger partial charge on any atom is 0.308 e. The molecule has 1 heterocycles. The quantitative estimate of drug-likeness (QED) is 0.698. The number of benzene rings is 2. The Balaban J connectivity index is 1.96. The molecule has 27 heavy (non-hydrogen) atoms. The number of hydrogen-bond donors (Lipinski definition) is 1. The molecule has 0 aliphatic carbocycles. The van der Waals surface area contributed by atoms with E-state index in [1.165, 1.54) is 5.56 Å². The van der Waals surface area contributed by atoms with Crippen molar-refractivity contribution in [3.05, 3.63) is 62.3 Å². The summed E-state index contributed by atoms with van der Waals surface area (Å²) >= 11 is 1.07. The Kier molecular flexibility index (Phi) is 5.29. The molecule has 2 aromatic carbocycles. The van der Waals surface area contributed by atoms with Crippen LogP contribution in [0.25, 0.3) is 10.2 Å². The zero-order chi connectivity index (χ0) is 19.9. The van der Waals surface area contributed by atoms with Gasteiger partial charge in [0, 0.05) is 12.6 Å². The van der Waals surface area contributed by atoms with Gasteiger partial charge in [-0.1, -0.05) is 23.5 Å². The number of hydrogen-bond acceptors (Lipinski definition) is 4. The minimum atomic E-state index is -3.70. The molecule has 0 fully saturated rings. The van der Waals surface area contributed by atoms with Gasteiger partial charge in [-0.2, -0.15) is 0 Å². The standard InChI is InChI=1S/C20H24N2O3S2/c1-6-22-18-8-7-16(11-19(18)26-20(22)23)27(24,25)21-15(5)17-10-13(3)12(2)9-14(17)4/h7-11,15,21H,6H2,1-5H3/t15-/m0/s1. The van der Waals surface area contributed by atoms with Crippen LogP contribution in [-0.2, 0) is 16.6 Å². The number of rotatable bonds is 5. The van der Waals surface area contributed by atoms with E-state index in [4.69, 9.17) is 0 Å². The van der Waals surface area contributed by atoms with Crippen molar-refractivity contribution in [3.8, 4) is 0 Å². The SMILES string of the molecule is CCn1c(=O)sc2cc(S(=O)(=O)N[C@@H](C)c3cc(C)c(C)cc3C)ccc21. The van der Waals surface area contributed by atoms with E-state index >= 15 is 0 Å². The Morgan fingerprint density at radius 3 is 2.41 bits per heavy atom. The first kappa shape index (κ1) is 19.8. The molecular formula is C20H24N2O3S2. The number of thiazole rings is 1. The second kappa shape index (κ2) is 7.22. The minimum absolute atomic E-state index is 0.0749. The first-order chi connectivity index (χ1) is 12.6. The number of aryl methyl sites for hydroxylation is 4. The van der Waals surface area contributed by atoms with Gasteiger partial charge in [-0.25, -0.2) is 13.1 Å². The molecule has 7 heteroatoms. The summed E-state index contributed by atoms with van der Waals surface area (Å²) in [7, 11) is -3.70. The fraction of sp³-hybridized carbons (Fsp3) is 0.350. The fourth-order valence-electron chi connectivity index (χ4n) is 3.33. The van der Waals surface area contributed by atoms with Crippen LogP contribution in [0.5, 0.6) is 0 Å². The van der Waals surface area contributed by atoms with E-state index in [2.05, 4.69) is 10.8 Å². The molecule has 0 spiro atoms. The summed E-state index contributed by atoms with van der Waals surface area (Å²) in [5.41, 5.74) is 5.11. The van der Waals surface area contributed by atoms with Crippen molar-refractivity contribution in [2.24, 2.45) is 0 Å². The van der Waals surface area contributed by atoms with Gasteiger partial charge in [0.25, 0.3) is 0 Å². The largest absolute Gasteiger partial charge is 0.308 e. The molecule has 0 amide bonds. The van der Waals surface area contributed by atoms with E-state index in [-0.39, 0.29) is 15.8 Å². The Morgan fingerprint density at radius 1 is 1.07 bits per heavy atom. The molecule has 0 bridgehead atoms. The van der Waals surface area contributed by atoms with Crippen LogP contribution in [0.15, 0.2) is 40.0 Å². The van der Waals surface area contributed by atoms with Gasteiger partial charge in [0.15, 0.2) is 0 Å². The molecule has 1 atom stereocenters. The van der Waals surface area contributed by atoms with Crippen LogP contribution in [0, 0.1) is 20.8 Å². The summed E-state index contributed by atoms with van der Waals surface area (Å²) in [6.45, 7) is 10.4. The number of sulfonamides is 1. The van der Waals surface area contributed by atoms with Gasteiger partial charge in [-0.15, -0.1) is 0 Å². The van der Waals surface area contributed by atoms with E-state index in [9.17, 15) is 13.2 Å². The van der Waals surface area contributed by atoms with Crippen molar-refractivity contribution in [1.29, 1.82) is 0 Å². The molecule has 0 radical (unpaired) electrons. The first-order valence-electron chi connectivity index (χ1n) is 8.87. The molecule has 0 unspecified atom stereocenters. The molecule has 5 nitrogen and oxygen atoms in total. The van der Waals surface area contributed by atoms with E-state index in [0.717, 1.165) is 33.5 Å². The first-order valence-corrected chi connectivity index (χ1v) is 11.2. The molecule has 0 aliphatic heterocycles. The van der Waals surface area contributed by atoms with Gasteiger partial charge < -0.3 is 0 Å². The Morgan fingerprint density at radius 2 is 1.74 bits per heavy atom. The smallest absolute Gasteiger partial charge is 0.299 e. The molecule has 0 saturated heterocycles. The number of nitrogens with zero attached hydrogens (tertiary/aromatic N) is 1. The number of aromatic nitrogens is 1. The highest BCUT2D eigenvalue weighted by Gasteiger charge is 2.21. The van der Waals surface area contributed by atoms with Gasteiger partial charge in [0.1, 0.15) is 0 Å². The van der Waals surface area contributed by atoms with Crippen LogP contribution in [0.1, 0.15) is 42.1 Å². The molecule has 1 N–H and O–H groups in total. The lowest BCUT2D eigenvalue weighted by molar-refractivity contribution is 0.566. The average molecular weight is 405 g/mol.